The van der Waals surface area contributed by atoms with E-state index in [1.54, 1.807) is 0 Å². The van der Waals surface area contributed by atoms with E-state index in [0.29, 0.717) is 6.54 Å². The lowest BCUT2D eigenvalue weighted by Gasteiger charge is -2.24. The first-order valence-electron chi connectivity index (χ1n) is 10.8. The Morgan fingerprint density at radius 1 is 1.00 bits per heavy atom. The third-order valence-electron chi connectivity index (χ3n) is 5.20. The van der Waals surface area contributed by atoms with Crippen molar-refractivity contribution in [2.75, 3.05) is 13.2 Å². The molecule has 3 rings (SSSR count). The molecule has 0 aliphatic heterocycles. The molecule has 158 valence electrons. The summed E-state index contributed by atoms with van der Waals surface area (Å²) >= 11 is 0. The van der Waals surface area contributed by atoms with Crippen molar-refractivity contribution >= 4 is 5.91 Å². The number of rotatable bonds is 11. The van der Waals surface area contributed by atoms with Crippen LogP contribution in [0.4, 0.5) is 0 Å². The number of aryl methyl sites for hydroxylation is 1. The second-order valence-electron chi connectivity index (χ2n) is 7.74. The van der Waals surface area contributed by atoms with E-state index in [1.165, 1.54) is 11.1 Å². The van der Waals surface area contributed by atoms with Crippen molar-refractivity contribution in [1.82, 2.24) is 9.47 Å². The third kappa shape index (κ3) is 6.51. The van der Waals surface area contributed by atoms with Crippen LogP contribution in [0.15, 0.2) is 72.9 Å². The predicted octanol–water partition coefficient (Wildman–Crippen LogP) is 5.44. The van der Waals surface area contributed by atoms with Gasteiger partial charge in [-0.1, -0.05) is 67.8 Å². The number of para-hydroxylation sites is 1. The van der Waals surface area contributed by atoms with Gasteiger partial charge in [0.15, 0.2) is 6.61 Å². The highest BCUT2D eigenvalue weighted by Gasteiger charge is 2.16. The van der Waals surface area contributed by atoms with Crippen LogP contribution in [0.1, 0.15) is 43.0 Å². The minimum atomic E-state index is 0.0262. The van der Waals surface area contributed by atoms with Gasteiger partial charge in [0.25, 0.3) is 5.91 Å². The maximum Gasteiger partial charge on any atom is 0.260 e. The van der Waals surface area contributed by atoms with Gasteiger partial charge >= 0.3 is 0 Å². The summed E-state index contributed by atoms with van der Waals surface area (Å²) in [5.41, 5.74) is 3.67. The van der Waals surface area contributed by atoms with Crippen LogP contribution < -0.4 is 4.74 Å². The zero-order valence-corrected chi connectivity index (χ0v) is 18.1. The number of hydrogen-bond acceptors (Lipinski definition) is 2. The Labute approximate surface area is 180 Å². The van der Waals surface area contributed by atoms with Crippen molar-refractivity contribution in [2.45, 2.75) is 46.2 Å². The fourth-order valence-electron chi connectivity index (χ4n) is 3.55. The molecule has 0 N–H and O–H groups in total. The van der Waals surface area contributed by atoms with Crippen LogP contribution in [-0.4, -0.2) is 28.5 Å². The van der Waals surface area contributed by atoms with E-state index in [1.807, 2.05) is 35.2 Å². The summed E-state index contributed by atoms with van der Waals surface area (Å²) < 4.78 is 7.94. The molecule has 0 fully saturated rings. The number of hydrogen-bond donors (Lipinski definition) is 0. The minimum Gasteiger partial charge on any atom is -0.484 e. The Hall–Kier alpha value is -3.01. The summed E-state index contributed by atoms with van der Waals surface area (Å²) in [7, 11) is 0. The molecule has 0 aliphatic rings. The maximum atomic E-state index is 12.9. The predicted molar refractivity (Wildman–Crippen MR) is 122 cm³/mol. The summed E-state index contributed by atoms with van der Waals surface area (Å²) in [6.45, 7) is 6.51. The van der Waals surface area contributed by atoms with Crippen LogP contribution in [-0.2, 0) is 17.9 Å². The zero-order valence-electron chi connectivity index (χ0n) is 18.1. The lowest BCUT2D eigenvalue weighted by atomic mass is 10.1. The number of unbranched alkanes of at least 4 members (excludes halogenated alkanes) is 2. The van der Waals surface area contributed by atoms with Crippen molar-refractivity contribution in [3.63, 3.8) is 0 Å². The smallest absolute Gasteiger partial charge is 0.260 e. The molecule has 0 spiro atoms. The summed E-state index contributed by atoms with van der Waals surface area (Å²) in [6.07, 6.45) is 5.35. The van der Waals surface area contributed by atoms with Gasteiger partial charge in [-0.2, -0.15) is 0 Å². The van der Waals surface area contributed by atoms with Crippen LogP contribution >= 0.6 is 0 Å². The highest BCUT2D eigenvalue weighted by Crippen LogP contribution is 2.14. The van der Waals surface area contributed by atoms with Gasteiger partial charge < -0.3 is 14.2 Å². The average molecular weight is 405 g/mol. The summed E-state index contributed by atoms with van der Waals surface area (Å²) in [5.74, 6) is 0.750. The molecule has 0 unspecified atom stereocenters. The fourth-order valence-corrected chi connectivity index (χ4v) is 3.55. The van der Waals surface area contributed by atoms with Gasteiger partial charge in [-0.3, -0.25) is 4.79 Å². The molecule has 1 aromatic heterocycles. The van der Waals surface area contributed by atoms with Gasteiger partial charge in [-0.15, -0.1) is 0 Å². The molecule has 0 atom stereocenters. The molecule has 30 heavy (non-hydrogen) atoms. The molecule has 0 radical (unpaired) electrons. The molecule has 0 aliphatic carbocycles. The van der Waals surface area contributed by atoms with Crippen LogP contribution in [0, 0.1) is 6.92 Å². The van der Waals surface area contributed by atoms with E-state index >= 15 is 0 Å². The number of ether oxygens (including phenoxy) is 1. The number of carbonyl (C=O) groups is 1. The number of aromatic nitrogens is 1. The Balaban J connectivity index is 1.67. The monoisotopic (exact) mass is 404 g/mol. The van der Waals surface area contributed by atoms with E-state index in [-0.39, 0.29) is 12.5 Å². The summed E-state index contributed by atoms with van der Waals surface area (Å²) in [4.78, 5) is 14.9. The van der Waals surface area contributed by atoms with E-state index in [0.717, 1.165) is 43.8 Å². The molecule has 1 heterocycles. The molecule has 4 nitrogen and oxygen atoms in total. The SMILES string of the molecule is CCCCCN(Cc1cccn1Cc1cccc(C)c1)C(=O)COc1ccccc1. The topological polar surface area (TPSA) is 34.5 Å². The lowest BCUT2D eigenvalue weighted by Crippen LogP contribution is -2.36. The number of nitrogens with zero attached hydrogens (tertiary/aromatic N) is 2. The van der Waals surface area contributed by atoms with E-state index < -0.39 is 0 Å². The molecule has 2 aromatic carbocycles. The van der Waals surface area contributed by atoms with Crippen molar-refractivity contribution in [1.29, 1.82) is 0 Å². The second-order valence-corrected chi connectivity index (χ2v) is 7.74. The van der Waals surface area contributed by atoms with Crippen molar-refractivity contribution < 1.29 is 9.53 Å². The van der Waals surface area contributed by atoms with Gasteiger partial charge in [0.1, 0.15) is 5.75 Å². The first kappa shape index (κ1) is 21.7. The van der Waals surface area contributed by atoms with Gasteiger partial charge in [0.2, 0.25) is 0 Å². The molecule has 0 saturated carbocycles. The van der Waals surface area contributed by atoms with Gasteiger partial charge in [-0.25, -0.2) is 0 Å². The molecule has 3 aromatic rings. The van der Waals surface area contributed by atoms with Crippen LogP contribution in [0.5, 0.6) is 5.75 Å². The van der Waals surface area contributed by atoms with E-state index in [4.69, 9.17) is 4.74 Å². The Morgan fingerprint density at radius 2 is 1.83 bits per heavy atom. The fraction of sp³-hybridized carbons (Fsp3) is 0.346. The quantitative estimate of drug-likeness (QED) is 0.399. The lowest BCUT2D eigenvalue weighted by molar-refractivity contribution is -0.134. The molecule has 1 amide bonds. The zero-order chi connectivity index (χ0) is 21.2. The first-order chi connectivity index (χ1) is 14.7. The number of amides is 1. The third-order valence-corrected chi connectivity index (χ3v) is 5.20. The van der Waals surface area contributed by atoms with Crippen LogP contribution in [0.2, 0.25) is 0 Å². The van der Waals surface area contributed by atoms with Crippen molar-refractivity contribution in [3.8, 4) is 5.75 Å². The van der Waals surface area contributed by atoms with E-state index in [9.17, 15) is 4.79 Å². The van der Waals surface area contributed by atoms with Gasteiger partial charge in [0.05, 0.1) is 6.54 Å². The summed E-state index contributed by atoms with van der Waals surface area (Å²) in [5, 5.41) is 0. The van der Waals surface area contributed by atoms with E-state index in [2.05, 4.69) is 61.0 Å². The minimum absolute atomic E-state index is 0.0262. The highest BCUT2D eigenvalue weighted by molar-refractivity contribution is 5.77. The summed E-state index contributed by atoms with van der Waals surface area (Å²) in [6, 6.07) is 22.2. The first-order valence-corrected chi connectivity index (χ1v) is 10.8. The van der Waals surface area contributed by atoms with Gasteiger partial charge in [0, 0.05) is 25.0 Å². The van der Waals surface area contributed by atoms with Crippen molar-refractivity contribution in [2.24, 2.45) is 0 Å². The highest BCUT2D eigenvalue weighted by atomic mass is 16.5. The molecule has 4 heteroatoms. The van der Waals surface area contributed by atoms with Crippen LogP contribution in [0.3, 0.4) is 0 Å². The van der Waals surface area contributed by atoms with Gasteiger partial charge in [-0.05, 0) is 43.2 Å². The Morgan fingerprint density at radius 3 is 2.60 bits per heavy atom. The molecular weight excluding hydrogens is 372 g/mol. The maximum absolute atomic E-state index is 12.9. The molecule has 0 bridgehead atoms. The Kier molecular flexibility index (Phi) is 8.13. The standard InChI is InChI=1S/C26H32N2O2/c1-3-4-8-16-28(26(29)21-30-25-14-6-5-7-15-25)20-24-13-10-17-27(24)19-23-12-9-11-22(2)18-23/h5-7,9-15,17-18H,3-4,8,16,19-21H2,1-2H3. The number of benzene rings is 2. The normalized spacial score (nSPS) is 10.7. The number of carbonyl (C=O) groups excluding carboxylic acids is 1. The average Bonchev–Trinajstić information content (AvgIpc) is 3.18. The largest absolute Gasteiger partial charge is 0.484 e. The molecule has 0 saturated heterocycles. The van der Waals surface area contributed by atoms with Crippen LogP contribution in [0.25, 0.3) is 0 Å². The Bertz CT molecular complexity index is 918. The second kappa shape index (κ2) is 11.2. The molecular formula is C26H32N2O2. The van der Waals surface area contributed by atoms with Crippen molar-refractivity contribution in [3.05, 3.63) is 89.7 Å².